The van der Waals surface area contributed by atoms with E-state index in [1.165, 1.54) is 42.8 Å². The summed E-state index contributed by atoms with van der Waals surface area (Å²) in [5, 5.41) is 2.93. The molecule has 3 rings (SSSR count). The van der Waals surface area contributed by atoms with Gasteiger partial charge in [-0.05, 0) is 67.6 Å². The van der Waals surface area contributed by atoms with Gasteiger partial charge in [-0.2, -0.15) is 0 Å². The molecule has 1 atom stereocenters. The molecular weight excluding hydrogens is 343 g/mol. The second kappa shape index (κ2) is 8.89. The molecule has 1 unspecified atom stereocenters. The number of halogens is 1. The molecule has 144 valence electrons. The first kappa shape index (κ1) is 19.2. The summed E-state index contributed by atoms with van der Waals surface area (Å²) >= 11 is 0. The number of carbonyl (C=O) groups is 1. The first-order valence-electron chi connectivity index (χ1n) is 9.54. The Labute approximate surface area is 160 Å². The largest absolute Gasteiger partial charge is 0.484 e. The Kier molecular flexibility index (Phi) is 6.32. The van der Waals surface area contributed by atoms with Crippen molar-refractivity contribution in [1.29, 1.82) is 0 Å². The third-order valence-corrected chi connectivity index (χ3v) is 5.10. The zero-order valence-corrected chi connectivity index (χ0v) is 16.0. The molecule has 0 radical (unpaired) electrons. The molecule has 5 heteroatoms. The van der Waals surface area contributed by atoms with Gasteiger partial charge in [0.15, 0.2) is 6.61 Å². The molecule has 1 heterocycles. The first-order chi connectivity index (χ1) is 13.0. The maximum absolute atomic E-state index is 12.9. The molecule has 0 aliphatic carbocycles. The van der Waals surface area contributed by atoms with E-state index in [1.54, 1.807) is 0 Å². The summed E-state index contributed by atoms with van der Waals surface area (Å²) in [4.78, 5) is 14.5. The standard InChI is InChI=1S/C22H27FN2O2/c1-16-11-13-25(14-12-16)20-7-3-18(4-8-20)17(2)24-22(26)15-27-21-9-5-19(23)6-10-21/h3-10,16-17H,11-15H2,1-2H3,(H,24,26). The number of nitrogens with zero attached hydrogens (tertiary/aromatic N) is 1. The molecule has 1 fully saturated rings. The van der Waals surface area contributed by atoms with Crippen molar-refractivity contribution in [3.8, 4) is 5.75 Å². The summed E-state index contributed by atoms with van der Waals surface area (Å²) in [7, 11) is 0. The maximum atomic E-state index is 12.9. The van der Waals surface area contributed by atoms with E-state index in [4.69, 9.17) is 4.74 Å². The van der Waals surface area contributed by atoms with Crippen LogP contribution >= 0.6 is 0 Å². The topological polar surface area (TPSA) is 41.6 Å². The van der Waals surface area contributed by atoms with Crippen LogP contribution in [0.5, 0.6) is 5.75 Å². The van der Waals surface area contributed by atoms with E-state index in [9.17, 15) is 9.18 Å². The third kappa shape index (κ3) is 5.46. The number of piperidine rings is 1. The second-order valence-electron chi connectivity index (χ2n) is 7.29. The number of amides is 1. The van der Waals surface area contributed by atoms with Crippen LogP contribution in [0.25, 0.3) is 0 Å². The zero-order valence-electron chi connectivity index (χ0n) is 16.0. The van der Waals surface area contributed by atoms with Gasteiger partial charge in [-0.25, -0.2) is 4.39 Å². The number of hydrogen-bond acceptors (Lipinski definition) is 3. The van der Waals surface area contributed by atoms with Gasteiger partial charge in [0.2, 0.25) is 0 Å². The third-order valence-electron chi connectivity index (χ3n) is 5.10. The number of nitrogens with one attached hydrogen (secondary N) is 1. The number of ether oxygens (including phenoxy) is 1. The average Bonchev–Trinajstić information content (AvgIpc) is 2.68. The van der Waals surface area contributed by atoms with Gasteiger partial charge in [-0.15, -0.1) is 0 Å². The predicted molar refractivity (Wildman–Crippen MR) is 106 cm³/mol. The van der Waals surface area contributed by atoms with Crippen LogP contribution in [0.3, 0.4) is 0 Å². The summed E-state index contributed by atoms with van der Waals surface area (Å²) < 4.78 is 18.3. The molecule has 2 aromatic carbocycles. The molecule has 1 aliphatic rings. The summed E-state index contributed by atoms with van der Waals surface area (Å²) in [5.41, 5.74) is 2.29. The van der Waals surface area contributed by atoms with Crippen LogP contribution in [0.4, 0.5) is 10.1 Å². The highest BCUT2D eigenvalue weighted by atomic mass is 19.1. The zero-order chi connectivity index (χ0) is 19.2. The van der Waals surface area contributed by atoms with Crippen molar-refractivity contribution >= 4 is 11.6 Å². The SMILES string of the molecule is CC1CCN(c2ccc(C(C)NC(=O)COc3ccc(F)cc3)cc2)CC1. The first-order valence-corrected chi connectivity index (χ1v) is 9.54. The molecule has 1 aliphatic heterocycles. The Morgan fingerprint density at radius 2 is 1.78 bits per heavy atom. The van der Waals surface area contributed by atoms with Crippen molar-refractivity contribution in [2.45, 2.75) is 32.7 Å². The van der Waals surface area contributed by atoms with Gasteiger partial charge < -0.3 is 15.0 Å². The highest BCUT2D eigenvalue weighted by Gasteiger charge is 2.16. The van der Waals surface area contributed by atoms with Gasteiger partial charge in [0, 0.05) is 18.8 Å². The lowest BCUT2D eigenvalue weighted by Gasteiger charge is -2.32. The fraction of sp³-hybridized carbons (Fsp3) is 0.409. The van der Waals surface area contributed by atoms with Crippen LogP contribution in [0, 0.1) is 11.7 Å². The van der Waals surface area contributed by atoms with E-state index < -0.39 is 0 Å². The minimum absolute atomic E-state index is 0.0972. The maximum Gasteiger partial charge on any atom is 0.258 e. The van der Waals surface area contributed by atoms with Crippen LogP contribution in [0.1, 0.15) is 38.3 Å². The van der Waals surface area contributed by atoms with Crippen LogP contribution in [-0.2, 0) is 4.79 Å². The van der Waals surface area contributed by atoms with E-state index in [0.717, 1.165) is 24.6 Å². The summed E-state index contributed by atoms with van der Waals surface area (Å²) in [6.45, 7) is 6.37. The number of benzene rings is 2. The fourth-order valence-electron chi connectivity index (χ4n) is 3.29. The summed E-state index contributed by atoms with van der Waals surface area (Å²) in [5.74, 6) is 0.746. The number of anilines is 1. The van der Waals surface area contributed by atoms with Gasteiger partial charge >= 0.3 is 0 Å². The highest BCUT2D eigenvalue weighted by Crippen LogP contribution is 2.24. The molecule has 0 spiro atoms. The molecular formula is C22H27FN2O2. The number of rotatable bonds is 6. The lowest BCUT2D eigenvalue weighted by Crippen LogP contribution is -2.33. The molecule has 27 heavy (non-hydrogen) atoms. The predicted octanol–water partition coefficient (Wildman–Crippen LogP) is 4.32. The Bertz CT molecular complexity index is 738. The Hall–Kier alpha value is -2.56. The van der Waals surface area contributed by atoms with Crippen molar-refractivity contribution < 1.29 is 13.9 Å². The van der Waals surface area contributed by atoms with Gasteiger partial charge in [0.1, 0.15) is 11.6 Å². The van der Waals surface area contributed by atoms with Gasteiger partial charge in [0.05, 0.1) is 6.04 Å². The molecule has 4 nitrogen and oxygen atoms in total. The van der Waals surface area contributed by atoms with E-state index in [0.29, 0.717) is 5.75 Å². The van der Waals surface area contributed by atoms with Crippen LogP contribution in [-0.4, -0.2) is 25.6 Å². The fourth-order valence-corrected chi connectivity index (χ4v) is 3.29. The Balaban J connectivity index is 1.49. The van der Waals surface area contributed by atoms with Crippen molar-refractivity contribution in [3.05, 3.63) is 59.9 Å². The van der Waals surface area contributed by atoms with Crippen molar-refractivity contribution in [3.63, 3.8) is 0 Å². The Morgan fingerprint density at radius 3 is 2.41 bits per heavy atom. The van der Waals surface area contributed by atoms with Gasteiger partial charge in [-0.3, -0.25) is 4.79 Å². The van der Waals surface area contributed by atoms with Crippen molar-refractivity contribution in [2.75, 3.05) is 24.6 Å². The average molecular weight is 370 g/mol. The molecule has 0 aromatic heterocycles. The monoisotopic (exact) mass is 370 g/mol. The lowest BCUT2D eigenvalue weighted by atomic mass is 9.98. The van der Waals surface area contributed by atoms with E-state index in [2.05, 4.69) is 41.4 Å². The normalized spacial score (nSPS) is 16.0. The second-order valence-corrected chi connectivity index (χ2v) is 7.29. The molecule has 2 aromatic rings. The summed E-state index contributed by atoms with van der Waals surface area (Å²) in [6, 6.07) is 13.9. The van der Waals surface area contributed by atoms with Crippen molar-refractivity contribution in [2.24, 2.45) is 5.92 Å². The van der Waals surface area contributed by atoms with Crippen LogP contribution in [0.15, 0.2) is 48.5 Å². The summed E-state index contributed by atoms with van der Waals surface area (Å²) in [6.07, 6.45) is 2.48. The molecule has 1 amide bonds. The van der Waals surface area contributed by atoms with E-state index >= 15 is 0 Å². The van der Waals surface area contributed by atoms with Gasteiger partial charge in [-0.1, -0.05) is 19.1 Å². The lowest BCUT2D eigenvalue weighted by molar-refractivity contribution is -0.123. The molecule has 1 saturated heterocycles. The minimum atomic E-state index is -0.331. The quantitative estimate of drug-likeness (QED) is 0.823. The van der Waals surface area contributed by atoms with Crippen molar-refractivity contribution in [1.82, 2.24) is 5.32 Å². The van der Waals surface area contributed by atoms with E-state index in [-0.39, 0.29) is 24.4 Å². The van der Waals surface area contributed by atoms with Crippen LogP contribution < -0.4 is 15.0 Å². The van der Waals surface area contributed by atoms with E-state index in [1.807, 2.05) is 6.92 Å². The minimum Gasteiger partial charge on any atom is -0.484 e. The highest BCUT2D eigenvalue weighted by molar-refractivity contribution is 5.78. The van der Waals surface area contributed by atoms with Crippen LogP contribution in [0.2, 0.25) is 0 Å². The molecule has 1 N–H and O–H groups in total. The number of carbonyl (C=O) groups excluding carboxylic acids is 1. The Morgan fingerprint density at radius 1 is 1.15 bits per heavy atom. The smallest absolute Gasteiger partial charge is 0.258 e. The van der Waals surface area contributed by atoms with Gasteiger partial charge in [0.25, 0.3) is 5.91 Å². The molecule has 0 saturated carbocycles. The molecule has 0 bridgehead atoms. The number of hydrogen-bond donors (Lipinski definition) is 1.